The fourth-order valence-corrected chi connectivity index (χ4v) is 0.311. The summed E-state index contributed by atoms with van der Waals surface area (Å²) in [7, 11) is 3.61. The molecule has 0 aromatic carbocycles. The van der Waals surface area contributed by atoms with Crippen molar-refractivity contribution in [2.24, 2.45) is 5.84 Å². The van der Waals surface area contributed by atoms with Gasteiger partial charge in [-0.25, -0.2) is 5.43 Å². The minimum Gasteiger partial charge on any atom is -0.292 e. The van der Waals surface area contributed by atoms with Crippen LogP contribution in [0, 0.1) is 0 Å². The molecule has 4 nitrogen and oxygen atoms in total. The lowest BCUT2D eigenvalue weighted by Gasteiger charge is -2.11. The van der Waals surface area contributed by atoms with Crippen LogP contribution in [0.2, 0.25) is 0 Å². The second-order valence-electron chi connectivity index (χ2n) is 1.18. The third kappa shape index (κ3) is 2.52. The summed E-state index contributed by atoms with van der Waals surface area (Å²) in [6.07, 6.45) is 0.0139. The Kier molecular flexibility index (Phi) is 3.92. The molecule has 0 amide bonds. The molecule has 0 bridgehead atoms. The van der Waals surface area contributed by atoms with Crippen molar-refractivity contribution in [2.45, 2.75) is 6.29 Å². The van der Waals surface area contributed by atoms with Crippen LogP contribution in [0.25, 0.3) is 0 Å². The van der Waals surface area contributed by atoms with Crippen LogP contribution in [0.1, 0.15) is 0 Å². The molecule has 0 saturated carbocycles. The summed E-state index contributed by atoms with van der Waals surface area (Å²) < 4.78 is 0. The lowest BCUT2D eigenvalue weighted by molar-refractivity contribution is 0.413. The first-order chi connectivity index (χ1) is 3.35. The Labute approximate surface area is 43.4 Å². The van der Waals surface area contributed by atoms with Crippen molar-refractivity contribution in [1.29, 1.82) is 0 Å². The highest BCUT2D eigenvalue weighted by Gasteiger charge is 1.91. The Bertz CT molecular complexity index is 28.4. The molecule has 0 aliphatic carbocycles. The first kappa shape index (κ1) is 6.84. The maximum absolute atomic E-state index is 5.02. The Morgan fingerprint density at radius 2 is 1.71 bits per heavy atom. The van der Waals surface area contributed by atoms with Gasteiger partial charge in [0.2, 0.25) is 0 Å². The second kappa shape index (κ2) is 4.01. The fourth-order valence-electron chi connectivity index (χ4n) is 0.311. The van der Waals surface area contributed by atoms with E-state index in [0.717, 1.165) is 0 Å². The number of nitrogens with two attached hydrogens (primary N) is 1. The van der Waals surface area contributed by atoms with Crippen LogP contribution in [0.15, 0.2) is 0 Å². The summed E-state index contributed by atoms with van der Waals surface area (Å²) in [5.74, 6) is 5.02. The van der Waals surface area contributed by atoms with Crippen molar-refractivity contribution in [1.82, 2.24) is 16.1 Å². The maximum atomic E-state index is 5.02. The van der Waals surface area contributed by atoms with Crippen molar-refractivity contribution in [3.63, 3.8) is 0 Å². The smallest absolute Gasteiger partial charge is 0.123 e. The van der Waals surface area contributed by atoms with Crippen molar-refractivity contribution >= 4 is 0 Å². The van der Waals surface area contributed by atoms with Gasteiger partial charge >= 0.3 is 0 Å². The molecule has 0 aromatic rings. The third-order valence-corrected chi connectivity index (χ3v) is 0.744. The second-order valence-corrected chi connectivity index (χ2v) is 1.18. The van der Waals surface area contributed by atoms with Gasteiger partial charge in [-0.05, 0) is 14.1 Å². The molecule has 0 aliphatic rings. The van der Waals surface area contributed by atoms with E-state index >= 15 is 0 Å². The first-order valence-electron chi connectivity index (χ1n) is 2.15. The van der Waals surface area contributed by atoms with Gasteiger partial charge in [-0.15, -0.1) is 0 Å². The predicted octanol–water partition coefficient (Wildman–Crippen LogP) is -1.83. The molecule has 0 aromatic heterocycles. The number of rotatable bonds is 3. The van der Waals surface area contributed by atoms with Crippen molar-refractivity contribution in [2.75, 3.05) is 14.1 Å². The Morgan fingerprint density at radius 3 is 1.71 bits per heavy atom. The molecule has 0 aliphatic heterocycles. The lowest BCUT2D eigenvalue weighted by atomic mass is 10.8. The number of hydrogen-bond acceptors (Lipinski definition) is 4. The molecule has 0 radical (unpaired) electrons. The van der Waals surface area contributed by atoms with E-state index in [2.05, 4.69) is 16.1 Å². The summed E-state index contributed by atoms with van der Waals surface area (Å²) in [6.45, 7) is 0. The SMILES string of the molecule is CNC(NC)NN. The van der Waals surface area contributed by atoms with E-state index < -0.39 is 0 Å². The molecule has 4 heteroatoms. The maximum Gasteiger partial charge on any atom is 0.123 e. The van der Waals surface area contributed by atoms with E-state index in [1.54, 1.807) is 14.1 Å². The van der Waals surface area contributed by atoms with Crippen molar-refractivity contribution in [3.8, 4) is 0 Å². The van der Waals surface area contributed by atoms with Crippen LogP contribution >= 0.6 is 0 Å². The highest BCUT2D eigenvalue weighted by atomic mass is 15.4. The minimum absolute atomic E-state index is 0.0139. The standard InChI is InChI=1S/C3H12N4/c1-5-3(6-2)7-4/h3,5-7H,4H2,1-2H3. The summed E-state index contributed by atoms with van der Waals surface area (Å²) in [6, 6.07) is 0. The average molecular weight is 104 g/mol. The van der Waals surface area contributed by atoms with E-state index in [9.17, 15) is 0 Å². The minimum atomic E-state index is 0.0139. The van der Waals surface area contributed by atoms with E-state index in [0.29, 0.717) is 0 Å². The average Bonchev–Trinajstić information content (AvgIpc) is 1.72. The van der Waals surface area contributed by atoms with Gasteiger partial charge in [0, 0.05) is 0 Å². The fraction of sp³-hybridized carbons (Fsp3) is 1.00. The summed E-state index contributed by atoms with van der Waals surface area (Å²) in [5.41, 5.74) is 2.48. The molecule has 7 heavy (non-hydrogen) atoms. The molecule has 5 N–H and O–H groups in total. The van der Waals surface area contributed by atoms with Crippen molar-refractivity contribution in [3.05, 3.63) is 0 Å². The zero-order valence-electron chi connectivity index (χ0n) is 4.65. The van der Waals surface area contributed by atoms with Crippen LogP contribution < -0.4 is 21.9 Å². The first-order valence-corrected chi connectivity index (χ1v) is 2.15. The topological polar surface area (TPSA) is 62.1 Å². The zero-order valence-corrected chi connectivity index (χ0v) is 4.65. The third-order valence-electron chi connectivity index (χ3n) is 0.744. The van der Waals surface area contributed by atoms with Gasteiger partial charge in [0.1, 0.15) is 6.29 Å². The lowest BCUT2D eigenvalue weighted by Crippen LogP contribution is -2.52. The molecular formula is C3H12N4. The summed E-state index contributed by atoms with van der Waals surface area (Å²) >= 11 is 0. The van der Waals surface area contributed by atoms with Gasteiger partial charge in [0.15, 0.2) is 0 Å². The molecule has 0 unspecified atom stereocenters. The van der Waals surface area contributed by atoms with E-state index in [-0.39, 0.29) is 6.29 Å². The van der Waals surface area contributed by atoms with E-state index in [1.165, 1.54) is 0 Å². The molecule has 44 valence electrons. The van der Waals surface area contributed by atoms with E-state index in [1.807, 2.05) is 0 Å². The molecule has 0 fully saturated rings. The van der Waals surface area contributed by atoms with Crippen LogP contribution in [0.5, 0.6) is 0 Å². The molecule has 0 rings (SSSR count). The van der Waals surface area contributed by atoms with Crippen LogP contribution in [-0.2, 0) is 0 Å². The monoisotopic (exact) mass is 104 g/mol. The van der Waals surface area contributed by atoms with Gasteiger partial charge < -0.3 is 0 Å². The molecular weight excluding hydrogens is 92.1 g/mol. The van der Waals surface area contributed by atoms with E-state index in [4.69, 9.17) is 5.84 Å². The largest absolute Gasteiger partial charge is 0.292 e. The molecule has 0 spiro atoms. The molecule has 0 heterocycles. The predicted molar refractivity (Wildman–Crippen MR) is 29.2 cm³/mol. The summed E-state index contributed by atoms with van der Waals surface area (Å²) in [5, 5.41) is 5.71. The van der Waals surface area contributed by atoms with Crippen molar-refractivity contribution < 1.29 is 0 Å². The van der Waals surface area contributed by atoms with Crippen LogP contribution in [0.3, 0.4) is 0 Å². The molecule has 0 saturated heterocycles. The number of hydrogen-bond donors (Lipinski definition) is 4. The Balaban J connectivity index is 2.99. The highest BCUT2D eigenvalue weighted by Crippen LogP contribution is 1.54. The van der Waals surface area contributed by atoms with Gasteiger partial charge in [-0.2, -0.15) is 0 Å². The number of hydrazine groups is 1. The van der Waals surface area contributed by atoms with Crippen LogP contribution in [0.4, 0.5) is 0 Å². The van der Waals surface area contributed by atoms with Gasteiger partial charge in [0.25, 0.3) is 0 Å². The van der Waals surface area contributed by atoms with Gasteiger partial charge in [0.05, 0.1) is 0 Å². The highest BCUT2D eigenvalue weighted by molar-refractivity contribution is 4.46. The van der Waals surface area contributed by atoms with Gasteiger partial charge in [-0.3, -0.25) is 16.5 Å². The Hall–Kier alpha value is -0.160. The zero-order chi connectivity index (χ0) is 5.70. The van der Waals surface area contributed by atoms with Crippen LogP contribution in [-0.4, -0.2) is 20.4 Å². The quantitative estimate of drug-likeness (QED) is 0.193. The molecule has 0 atom stereocenters. The van der Waals surface area contributed by atoms with Gasteiger partial charge in [-0.1, -0.05) is 0 Å². The number of nitrogens with one attached hydrogen (secondary N) is 3. The normalized spacial score (nSPS) is 10.3. The summed E-state index contributed by atoms with van der Waals surface area (Å²) in [4.78, 5) is 0. The Morgan fingerprint density at radius 1 is 1.29 bits per heavy atom.